The Morgan fingerprint density at radius 1 is 1.29 bits per heavy atom. The molecule has 24 heavy (non-hydrogen) atoms. The van der Waals surface area contributed by atoms with Gasteiger partial charge in [-0.25, -0.2) is 4.39 Å². The fraction of sp³-hybridized carbons (Fsp3) is 0.222. The Kier molecular flexibility index (Phi) is 3.69. The topological polar surface area (TPSA) is 49.0 Å². The van der Waals surface area contributed by atoms with Crippen LogP contribution in [0.4, 0.5) is 4.39 Å². The highest BCUT2D eigenvalue weighted by atomic mass is 32.1. The third-order valence-electron chi connectivity index (χ3n) is 4.26. The molecule has 0 saturated heterocycles. The van der Waals surface area contributed by atoms with Gasteiger partial charge in [0.2, 0.25) is 0 Å². The summed E-state index contributed by atoms with van der Waals surface area (Å²) < 4.78 is 13.2. The van der Waals surface area contributed by atoms with E-state index in [1.165, 1.54) is 12.1 Å². The van der Waals surface area contributed by atoms with Crippen LogP contribution < -0.4 is 0 Å². The Morgan fingerprint density at radius 2 is 2.08 bits per heavy atom. The molecule has 122 valence electrons. The summed E-state index contributed by atoms with van der Waals surface area (Å²) in [5.41, 5.74) is 2.96. The number of nitrogens with one attached hydrogen (secondary N) is 1. The Morgan fingerprint density at radius 3 is 2.75 bits per heavy atom. The van der Waals surface area contributed by atoms with Crippen LogP contribution in [0.3, 0.4) is 0 Å². The lowest BCUT2D eigenvalue weighted by atomic mass is 10.0. The second-order valence-corrected chi connectivity index (χ2v) is 6.76. The molecule has 6 heteroatoms. The molecule has 0 radical (unpaired) electrons. The van der Waals surface area contributed by atoms with Crippen LogP contribution in [-0.4, -0.2) is 27.5 Å². The van der Waals surface area contributed by atoms with Gasteiger partial charge in [0.15, 0.2) is 0 Å². The van der Waals surface area contributed by atoms with Gasteiger partial charge in [-0.1, -0.05) is 13.0 Å². The predicted molar refractivity (Wildman–Crippen MR) is 91.5 cm³/mol. The summed E-state index contributed by atoms with van der Waals surface area (Å²) in [5, 5.41) is 9.27. The monoisotopic (exact) mass is 341 g/mol. The number of nitrogens with zero attached hydrogens (tertiary/aromatic N) is 2. The average Bonchev–Trinajstić information content (AvgIpc) is 3.29. The van der Waals surface area contributed by atoms with E-state index >= 15 is 0 Å². The summed E-state index contributed by atoms with van der Waals surface area (Å²) in [6.07, 6.45) is 0.886. The fourth-order valence-corrected chi connectivity index (χ4v) is 4.08. The maximum Gasteiger partial charge on any atom is 0.273 e. The molecule has 3 heterocycles. The molecule has 1 N–H and O–H groups in total. The minimum atomic E-state index is -0.288. The van der Waals surface area contributed by atoms with Crippen molar-refractivity contribution in [1.82, 2.24) is 15.1 Å². The number of benzene rings is 1. The first kappa shape index (κ1) is 15.1. The first-order valence-corrected chi connectivity index (χ1v) is 8.77. The van der Waals surface area contributed by atoms with E-state index in [9.17, 15) is 9.18 Å². The summed E-state index contributed by atoms with van der Waals surface area (Å²) in [6, 6.07) is 10.1. The van der Waals surface area contributed by atoms with E-state index in [2.05, 4.69) is 17.1 Å². The van der Waals surface area contributed by atoms with Crippen LogP contribution in [0.5, 0.6) is 0 Å². The van der Waals surface area contributed by atoms with Gasteiger partial charge in [0.25, 0.3) is 5.91 Å². The highest BCUT2D eigenvalue weighted by Crippen LogP contribution is 2.43. The molecule has 0 aliphatic carbocycles. The lowest BCUT2D eigenvalue weighted by molar-refractivity contribution is 0.0746. The number of halogens is 1. The fourth-order valence-electron chi connectivity index (χ4n) is 3.24. The van der Waals surface area contributed by atoms with Crippen molar-refractivity contribution in [3.8, 4) is 11.3 Å². The summed E-state index contributed by atoms with van der Waals surface area (Å²) in [5.74, 6) is -0.310. The zero-order valence-electron chi connectivity index (χ0n) is 13.1. The van der Waals surface area contributed by atoms with Crippen molar-refractivity contribution in [2.75, 3.05) is 6.54 Å². The van der Waals surface area contributed by atoms with Crippen LogP contribution in [0, 0.1) is 5.82 Å². The number of carbonyl (C=O) groups excluding carboxylic acids is 1. The molecule has 0 saturated carbocycles. The molecule has 1 aromatic carbocycles. The maximum atomic E-state index is 13.2. The van der Waals surface area contributed by atoms with Crippen molar-refractivity contribution in [3.05, 3.63) is 63.7 Å². The van der Waals surface area contributed by atoms with Gasteiger partial charge in [-0.05, 0) is 42.1 Å². The number of aromatic amines is 1. The van der Waals surface area contributed by atoms with Gasteiger partial charge in [0.1, 0.15) is 11.5 Å². The summed E-state index contributed by atoms with van der Waals surface area (Å²) in [4.78, 5) is 15.8. The van der Waals surface area contributed by atoms with Gasteiger partial charge >= 0.3 is 0 Å². The van der Waals surface area contributed by atoms with Crippen LogP contribution in [0.25, 0.3) is 11.3 Å². The Bertz CT molecular complexity index is 870. The molecule has 4 nitrogen and oxygen atoms in total. The van der Waals surface area contributed by atoms with Gasteiger partial charge in [0, 0.05) is 22.5 Å². The number of rotatable bonds is 4. The molecule has 1 unspecified atom stereocenters. The van der Waals surface area contributed by atoms with E-state index in [1.54, 1.807) is 23.5 Å². The van der Waals surface area contributed by atoms with Gasteiger partial charge in [-0.15, -0.1) is 11.3 Å². The molecule has 0 fully saturated rings. The number of thiophene rings is 1. The Balaban J connectivity index is 1.87. The van der Waals surface area contributed by atoms with Crippen molar-refractivity contribution in [1.29, 1.82) is 0 Å². The predicted octanol–water partition coefficient (Wildman–Crippen LogP) is 4.23. The number of H-pyrrole nitrogens is 1. The van der Waals surface area contributed by atoms with E-state index < -0.39 is 0 Å². The van der Waals surface area contributed by atoms with Crippen LogP contribution >= 0.6 is 11.3 Å². The highest BCUT2D eigenvalue weighted by Gasteiger charge is 2.42. The maximum absolute atomic E-state index is 13.2. The number of fused-ring (bicyclic) bond motifs is 1. The Labute approximate surface area is 142 Å². The second kappa shape index (κ2) is 5.87. The number of carbonyl (C=O) groups is 1. The van der Waals surface area contributed by atoms with Gasteiger partial charge in [-0.2, -0.15) is 5.10 Å². The highest BCUT2D eigenvalue weighted by molar-refractivity contribution is 7.10. The standard InChI is InChI=1S/C18H16FN3OS/c1-2-9-22-17(13-4-3-10-24-13)14-15(20-21-16(14)18(22)23)11-5-7-12(19)8-6-11/h3-8,10,17H,2,9H2,1H3,(H,20,21). The van der Waals surface area contributed by atoms with Crippen LogP contribution in [0.2, 0.25) is 0 Å². The van der Waals surface area contributed by atoms with Crippen molar-refractivity contribution in [3.63, 3.8) is 0 Å². The lowest BCUT2D eigenvalue weighted by Gasteiger charge is -2.24. The SMILES string of the molecule is CCCN1C(=O)c2[nH]nc(-c3ccc(F)cc3)c2C1c1cccs1. The summed E-state index contributed by atoms with van der Waals surface area (Å²) in [6.45, 7) is 2.75. The molecule has 2 aromatic heterocycles. The van der Waals surface area contributed by atoms with Crippen molar-refractivity contribution >= 4 is 17.2 Å². The quantitative estimate of drug-likeness (QED) is 0.772. The molecular formula is C18H16FN3OS. The van der Waals surface area contributed by atoms with E-state index in [4.69, 9.17) is 0 Å². The third kappa shape index (κ3) is 2.26. The molecule has 0 spiro atoms. The van der Waals surface area contributed by atoms with Crippen LogP contribution in [0.15, 0.2) is 41.8 Å². The Hall–Kier alpha value is -2.47. The molecule has 3 aromatic rings. The van der Waals surface area contributed by atoms with E-state index in [-0.39, 0.29) is 17.8 Å². The number of hydrogen-bond donors (Lipinski definition) is 1. The zero-order chi connectivity index (χ0) is 16.7. The third-order valence-corrected chi connectivity index (χ3v) is 5.18. The average molecular weight is 341 g/mol. The van der Waals surface area contributed by atoms with Crippen LogP contribution in [0.1, 0.15) is 40.3 Å². The van der Waals surface area contributed by atoms with Crippen molar-refractivity contribution in [2.45, 2.75) is 19.4 Å². The first-order valence-electron chi connectivity index (χ1n) is 7.89. The molecule has 0 bridgehead atoms. The minimum Gasteiger partial charge on any atom is -0.325 e. The molecule has 1 amide bonds. The molecule has 4 rings (SSSR count). The number of amides is 1. The second-order valence-electron chi connectivity index (χ2n) is 5.78. The largest absolute Gasteiger partial charge is 0.325 e. The van der Waals surface area contributed by atoms with Gasteiger partial charge < -0.3 is 4.90 Å². The molecular weight excluding hydrogens is 325 g/mol. The number of aromatic nitrogens is 2. The minimum absolute atomic E-state index is 0.0221. The summed E-state index contributed by atoms with van der Waals surface area (Å²) in [7, 11) is 0. The van der Waals surface area contributed by atoms with Crippen LogP contribution in [-0.2, 0) is 0 Å². The summed E-state index contributed by atoms with van der Waals surface area (Å²) >= 11 is 1.63. The molecule has 1 atom stereocenters. The molecule has 1 aliphatic heterocycles. The van der Waals surface area contributed by atoms with E-state index in [0.717, 1.165) is 28.1 Å². The molecule has 1 aliphatic rings. The lowest BCUT2D eigenvalue weighted by Crippen LogP contribution is -2.29. The van der Waals surface area contributed by atoms with Crippen molar-refractivity contribution < 1.29 is 9.18 Å². The number of hydrogen-bond acceptors (Lipinski definition) is 3. The van der Waals surface area contributed by atoms with Crippen molar-refractivity contribution in [2.24, 2.45) is 0 Å². The zero-order valence-corrected chi connectivity index (χ0v) is 13.9. The van der Waals surface area contributed by atoms with Gasteiger partial charge in [0.05, 0.1) is 11.7 Å². The van der Waals surface area contributed by atoms with Gasteiger partial charge in [-0.3, -0.25) is 9.89 Å². The smallest absolute Gasteiger partial charge is 0.273 e. The normalized spacial score (nSPS) is 16.7. The first-order chi connectivity index (χ1) is 11.7. The van der Waals surface area contributed by atoms with E-state index in [0.29, 0.717) is 12.2 Å². The van der Waals surface area contributed by atoms with E-state index in [1.807, 2.05) is 22.4 Å².